The van der Waals surface area contributed by atoms with Gasteiger partial charge in [0.05, 0.1) is 11.1 Å². The molecule has 32 heavy (non-hydrogen) atoms. The molecule has 7 nitrogen and oxygen atoms in total. The molecule has 0 aromatic carbocycles. The van der Waals surface area contributed by atoms with Gasteiger partial charge < -0.3 is 10.2 Å². The van der Waals surface area contributed by atoms with Crippen molar-refractivity contribution in [2.45, 2.75) is 38.0 Å². The van der Waals surface area contributed by atoms with Gasteiger partial charge in [0.2, 0.25) is 0 Å². The van der Waals surface area contributed by atoms with Crippen molar-refractivity contribution in [1.82, 2.24) is 24.8 Å². The number of pyridine rings is 2. The highest BCUT2D eigenvalue weighted by molar-refractivity contribution is 5.98. The number of hydrogen-bond acceptors (Lipinski definition) is 6. The molecule has 0 saturated carbocycles. The molecular formula is C22H21F3N6O. The van der Waals surface area contributed by atoms with E-state index in [1.54, 1.807) is 41.7 Å². The molecule has 10 heteroatoms. The van der Waals surface area contributed by atoms with Crippen LogP contribution in [0.4, 0.5) is 19.0 Å². The molecule has 0 bridgehead atoms. The molecule has 3 aromatic rings. The molecule has 0 unspecified atom stereocenters. The van der Waals surface area contributed by atoms with Crippen LogP contribution in [-0.2, 0) is 6.18 Å². The van der Waals surface area contributed by atoms with Gasteiger partial charge in [0.15, 0.2) is 5.82 Å². The van der Waals surface area contributed by atoms with Gasteiger partial charge in [0, 0.05) is 43.4 Å². The van der Waals surface area contributed by atoms with E-state index in [4.69, 9.17) is 0 Å². The van der Waals surface area contributed by atoms with Gasteiger partial charge in [-0.2, -0.15) is 13.2 Å². The first-order chi connectivity index (χ1) is 15.3. The van der Waals surface area contributed by atoms with Crippen LogP contribution in [0.2, 0.25) is 0 Å². The van der Waals surface area contributed by atoms with Crippen LogP contribution in [0.5, 0.6) is 0 Å². The zero-order valence-electron chi connectivity index (χ0n) is 17.3. The summed E-state index contributed by atoms with van der Waals surface area (Å²) in [5.41, 5.74) is 0.00556. The van der Waals surface area contributed by atoms with Crippen LogP contribution in [-0.4, -0.2) is 49.4 Å². The van der Waals surface area contributed by atoms with E-state index in [9.17, 15) is 18.0 Å². The van der Waals surface area contributed by atoms with Crippen LogP contribution in [0.25, 0.3) is 11.4 Å². The molecule has 4 rings (SSSR count). The zero-order valence-corrected chi connectivity index (χ0v) is 17.3. The van der Waals surface area contributed by atoms with E-state index in [0.29, 0.717) is 23.8 Å². The number of likely N-dealkylation sites (tertiary alicyclic amines) is 1. The van der Waals surface area contributed by atoms with Crippen LogP contribution in [0.15, 0.2) is 55.1 Å². The maximum atomic E-state index is 13.4. The van der Waals surface area contributed by atoms with Crippen LogP contribution in [0.3, 0.4) is 0 Å². The van der Waals surface area contributed by atoms with E-state index in [1.807, 2.05) is 6.92 Å². The Morgan fingerprint density at radius 2 is 1.81 bits per heavy atom. The average Bonchev–Trinajstić information content (AvgIpc) is 2.80. The SMILES string of the molecule is C[C@H]1[C@H](Nc2ccc(C(F)(F)F)cn2)CCCN1C(=O)c1ncccc1-c1ncccn1. The lowest BCUT2D eigenvalue weighted by atomic mass is 9.96. The Kier molecular flexibility index (Phi) is 6.02. The second-order valence-electron chi connectivity index (χ2n) is 7.53. The fraction of sp³-hybridized carbons (Fsp3) is 0.318. The summed E-state index contributed by atoms with van der Waals surface area (Å²) in [5, 5.41) is 3.17. The first-order valence-corrected chi connectivity index (χ1v) is 10.2. The largest absolute Gasteiger partial charge is 0.417 e. The predicted molar refractivity (Wildman–Crippen MR) is 112 cm³/mol. The molecule has 0 radical (unpaired) electrons. The molecule has 1 fully saturated rings. The molecule has 166 valence electrons. The van der Waals surface area contributed by atoms with Crippen molar-refractivity contribution in [2.24, 2.45) is 0 Å². The summed E-state index contributed by atoms with van der Waals surface area (Å²) in [6.07, 6.45) is 2.61. The number of carbonyl (C=O) groups excluding carboxylic acids is 1. The normalized spacial score (nSPS) is 18.9. The van der Waals surface area contributed by atoms with E-state index in [0.717, 1.165) is 25.1 Å². The van der Waals surface area contributed by atoms with Crippen LogP contribution < -0.4 is 5.32 Å². The number of rotatable bonds is 4. The minimum atomic E-state index is -4.43. The lowest BCUT2D eigenvalue weighted by Gasteiger charge is -2.40. The third kappa shape index (κ3) is 4.53. The number of piperidine rings is 1. The summed E-state index contributed by atoms with van der Waals surface area (Å²) in [6, 6.07) is 7.07. The monoisotopic (exact) mass is 442 g/mol. The standard InChI is InChI=1S/C22H21F3N6O/c1-14-17(30-18-8-7-15(13-29-18)22(23,24)25)6-3-12-31(14)21(32)19-16(5-2-9-26-19)20-27-10-4-11-28-20/h2,4-5,7-11,13-14,17H,3,6,12H2,1H3,(H,29,30)/t14-,17+/m0/s1. The van der Waals surface area contributed by atoms with Gasteiger partial charge in [-0.3, -0.25) is 9.78 Å². The summed E-state index contributed by atoms with van der Waals surface area (Å²) >= 11 is 0. The summed E-state index contributed by atoms with van der Waals surface area (Å²) in [4.78, 5) is 31.8. The van der Waals surface area contributed by atoms with Crippen LogP contribution in [0.1, 0.15) is 35.8 Å². The molecule has 1 saturated heterocycles. The van der Waals surface area contributed by atoms with Crippen molar-refractivity contribution < 1.29 is 18.0 Å². The van der Waals surface area contributed by atoms with E-state index in [2.05, 4.69) is 25.3 Å². The van der Waals surface area contributed by atoms with E-state index < -0.39 is 11.7 Å². The second kappa shape index (κ2) is 8.89. The van der Waals surface area contributed by atoms with Gasteiger partial charge in [-0.1, -0.05) is 0 Å². The number of hydrogen-bond donors (Lipinski definition) is 1. The lowest BCUT2D eigenvalue weighted by molar-refractivity contribution is -0.137. The van der Waals surface area contributed by atoms with Gasteiger partial charge in [-0.25, -0.2) is 15.0 Å². The number of aromatic nitrogens is 4. The van der Waals surface area contributed by atoms with Gasteiger partial charge in [-0.05, 0) is 50.1 Å². The number of nitrogens with one attached hydrogen (secondary N) is 1. The number of anilines is 1. The Bertz CT molecular complexity index is 1080. The summed E-state index contributed by atoms with van der Waals surface area (Å²) < 4.78 is 38.3. The van der Waals surface area contributed by atoms with Gasteiger partial charge in [-0.15, -0.1) is 0 Å². The Balaban J connectivity index is 1.53. The molecule has 1 amide bonds. The first-order valence-electron chi connectivity index (χ1n) is 10.2. The average molecular weight is 442 g/mol. The smallest absolute Gasteiger partial charge is 0.365 e. The molecule has 0 aliphatic carbocycles. The van der Waals surface area contributed by atoms with E-state index in [1.165, 1.54) is 6.07 Å². The number of amides is 1. The number of carbonyl (C=O) groups is 1. The maximum Gasteiger partial charge on any atom is 0.417 e. The summed E-state index contributed by atoms with van der Waals surface area (Å²) in [6.45, 7) is 2.45. The Hall–Kier alpha value is -3.56. The molecule has 2 atom stereocenters. The minimum absolute atomic E-state index is 0.169. The van der Waals surface area contributed by atoms with Gasteiger partial charge in [0.1, 0.15) is 11.5 Å². The third-order valence-corrected chi connectivity index (χ3v) is 5.49. The first kappa shape index (κ1) is 21.7. The van der Waals surface area contributed by atoms with Crippen molar-refractivity contribution in [2.75, 3.05) is 11.9 Å². The molecule has 3 aromatic heterocycles. The highest BCUT2D eigenvalue weighted by Crippen LogP contribution is 2.30. The molecule has 1 N–H and O–H groups in total. The molecular weight excluding hydrogens is 421 g/mol. The number of nitrogens with zero attached hydrogens (tertiary/aromatic N) is 5. The van der Waals surface area contributed by atoms with Gasteiger partial charge >= 0.3 is 6.18 Å². The predicted octanol–water partition coefficient (Wildman–Crippen LogP) is 4.06. The quantitative estimate of drug-likeness (QED) is 0.656. The number of halogens is 3. The van der Waals surface area contributed by atoms with Crippen molar-refractivity contribution in [3.8, 4) is 11.4 Å². The lowest BCUT2D eigenvalue weighted by Crippen LogP contribution is -2.52. The van der Waals surface area contributed by atoms with Crippen molar-refractivity contribution in [3.05, 3.63) is 66.4 Å². The summed E-state index contributed by atoms with van der Waals surface area (Å²) in [7, 11) is 0. The Morgan fingerprint density at radius 3 is 2.50 bits per heavy atom. The fourth-order valence-corrected chi connectivity index (χ4v) is 3.79. The van der Waals surface area contributed by atoms with Gasteiger partial charge in [0.25, 0.3) is 5.91 Å². The van der Waals surface area contributed by atoms with Crippen LogP contribution in [0, 0.1) is 0 Å². The number of alkyl halides is 3. The Morgan fingerprint density at radius 1 is 1.06 bits per heavy atom. The zero-order chi connectivity index (χ0) is 22.7. The van der Waals surface area contributed by atoms with E-state index in [-0.39, 0.29) is 23.7 Å². The van der Waals surface area contributed by atoms with Crippen LogP contribution >= 0.6 is 0 Å². The fourth-order valence-electron chi connectivity index (χ4n) is 3.79. The molecule has 4 heterocycles. The molecule has 0 spiro atoms. The minimum Gasteiger partial charge on any atom is -0.365 e. The molecule has 1 aliphatic heterocycles. The topological polar surface area (TPSA) is 83.9 Å². The van der Waals surface area contributed by atoms with Crippen molar-refractivity contribution in [3.63, 3.8) is 0 Å². The molecule has 1 aliphatic rings. The van der Waals surface area contributed by atoms with Crippen molar-refractivity contribution in [1.29, 1.82) is 0 Å². The van der Waals surface area contributed by atoms with Crippen molar-refractivity contribution >= 4 is 11.7 Å². The maximum absolute atomic E-state index is 13.4. The second-order valence-corrected chi connectivity index (χ2v) is 7.53. The highest BCUT2D eigenvalue weighted by Gasteiger charge is 2.34. The van der Waals surface area contributed by atoms with E-state index >= 15 is 0 Å². The third-order valence-electron chi connectivity index (χ3n) is 5.49. The summed E-state index contributed by atoms with van der Waals surface area (Å²) in [5.74, 6) is 0.505. The Labute approximate surface area is 182 Å². The highest BCUT2D eigenvalue weighted by atomic mass is 19.4.